The van der Waals surface area contributed by atoms with Gasteiger partial charge < -0.3 is 10.1 Å². The summed E-state index contributed by atoms with van der Waals surface area (Å²) < 4.78 is 5.25. The van der Waals surface area contributed by atoms with Gasteiger partial charge in [-0.25, -0.2) is 0 Å². The molecule has 1 N–H and O–H groups in total. The van der Waals surface area contributed by atoms with Crippen molar-refractivity contribution in [2.45, 2.75) is 19.9 Å². The zero-order valence-electron chi connectivity index (χ0n) is 11.2. The van der Waals surface area contributed by atoms with Crippen molar-refractivity contribution in [3.8, 4) is 16.2 Å². The molecule has 0 unspecified atom stereocenters. The summed E-state index contributed by atoms with van der Waals surface area (Å²) in [6.45, 7) is 4.16. The highest BCUT2D eigenvalue weighted by atomic mass is 35.5. The van der Waals surface area contributed by atoms with E-state index in [-0.39, 0.29) is 0 Å². The van der Waals surface area contributed by atoms with E-state index in [1.165, 1.54) is 9.75 Å². The van der Waals surface area contributed by atoms with Crippen LogP contribution in [0.15, 0.2) is 30.3 Å². The van der Waals surface area contributed by atoms with E-state index < -0.39 is 0 Å². The third kappa shape index (κ3) is 3.72. The molecule has 19 heavy (non-hydrogen) atoms. The van der Waals surface area contributed by atoms with Gasteiger partial charge in [-0.05, 0) is 42.8 Å². The summed E-state index contributed by atoms with van der Waals surface area (Å²) in [5, 5.41) is 4.06. The number of thiophene rings is 1. The second kappa shape index (κ2) is 6.94. The van der Waals surface area contributed by atoms with E-state index in [2.05, 4.69) is 24.4 Å². The number of nitrogens with one attached hydrogen (secondary N) is 1. The van der Waals surface area contributed by atoms with E-state index in [9.17, 15) is 0 Å². The predicted molar refractivity (Wildman–Crippen MR) is 83.3 cm³/mol. The van der Waals surface area contributed by atoms with Crippen LogP contribution in [0.1, 0.15) is 18.2 Å². The molecule has 0 aliphatic heterocycles. The van der Waals surface area contributed by atoms with Gasteiger partial charge in [0.05, 0.1) is 12.1 Å². The van der Waals surface area contributed by atoms with Crippen LogP contribution in [0, 0.1) is 0 Å². The topological polar surface area (TPSA) is 21.3 Å². The van der Waals surface area contributed by atoms with E-state index in [0.29, 0.717) is 5.02 Å². The maximum Gasteiger partial charge on any atom is 0.138 e. The van der Waals surface area contributed by atoms with Crippen molar-refractivity contribution in [1.82, 2.24) is 5.32 Å². The van der Waals surface area contributed by atoms with Crippen LogP contribution in [0.3, 0.4) is 0 Å². The number of hydrogen-bond acceptors (Lipinski definition) is 3. The normalized spacial score (nSPS) is 10.7. The van der Waals surface area contributed by atoms with E-state index in [1.54, 1.807) is 18.4 Å². The summed E-state index contributed by atoms with van der Waals surface area (Å²) >= 11 is 7.84. The Morgan fingerprint density at radius 1 is 1.26 bits per heavy atom. The van der Waals surface area contributed by atoms with Gasteiger partial charge in [0, 0.05) is 16.3 Å². The van der Waals surface area contributed by atoms with Crippen LogP contribution in [0.5, 0.6) is 5.75 Å². The summed E-state index contributed by atoms with van der Waals surface area (Å²) in [6.07, 6.45) is 1.16. The van der Waals surface area contributed by atoms with E-state index in [1.807, 2.05) is 18.2 Å². The van der Waals surface area contributed by atoms with Crippen molar-refractivity contribution in [3.05, 3.63) is 40.2 Å². The lowest BCUT2D eigenvalue weighted by Gasteiger charge is -2.05. The molecule has 4 heteroatoms. The molecular weight excluding hydrogens is 278 g/mol. The Morgan fingerprint density at radius 2 is 2.11 bits per heavy atom. The summed E-state index contributed by atoms with van der Waals surface area (Å²) in [6, 6.07) is 10.2. The lowest BCUT2D eigenvalue weighted by molar-refractivity contribution is 0.415. The second-order valence-corrected chi connectivity index (χ2v) is 5.87. The summed E-state index contributed by atoms with van der Waals surface area (Å²) in [5.74, 6) is 0.721. The van der Waals surface area contributed by atoms with Gasteiger partial charge in [0.2, 0.25) is 0 Å². The molecule has 1 aromatic carbocycles. The van der Waals surface area contributed by atoms with Gasteiger partial charge in [-0.15, -0.1) is 11.3 Å². The van der Waals surface area contributed by atoms with Gasteiger partial charge >= 0.3 is 0 Å². The fraction of sp³-hybridized carbons (Fsp3) is 0.333. The molecule has 0 aliphatic carbocycles. The van der Waals surface area contributed by atoms with Crippen LogP contribution in [-0.2, 0) is 6.54 Å². The van der Waals surface area contributed by atoms with Crippen LogP contribution in [0.25, 0.3) is 10.4 Å². The summed E-state index contributed by atoms with van der Waals surface area (Å²) in [5.41, 5.74) is 1.15. The minimum absolute atomic E-state index is 0.646. The fourth-order valence-corrected chi connectivity index (χ4v) is 3.00. The van der Waals surface area contributed by atoms with Crippen LogP contribution in [0.4, 0.5) is 0 Å². The summed E-state index contributed by atoms with van der Waals surface area (Å²) in [4.78, 5) is 2.58. The third-order valence-corrected chi connectivity index (χ3v) is 4.27. The predicted octanol–water partition coefficient (Wildman–Crippen LogP) is 4.58. The van der Waals surface area contributed by atoms with Crippen LogP contribution >= 0.6 is 22.9 Å². The van der Waals surface area contributed by atoms with Crippen LogP contribution < -0.4 is 10.1 Å². The van der Waals surface area contributed by atoms with Crippen LogP contribution in [0.2, 0.25) is 5.02 Å². The zero-order chi connectivity index (χ0) is 13.7. The number of hydrogen-bond donors (Lipinski definition) is 1. The van der Waals surface area contributed by atoms with Crippen molar-refractivity contribution in [2.24, 2.45) is 0 Å². The molecule has 102 valence electrons. The molecule has 0 aliphatic rings. The molecule has 0 fully saturated rings. The highest BCUT2D eigenvalue weighted by molar-refractivity contribution is 7.15. The largest absolute Gasteiger partial charge is 0.495 e. The number of ether oxygens (including phenoxy) is 1. The minimum atomic E-state index is 0.646. The van der Waals surface area contributed by atoms with Crippen LogP contribution in [-0.4, -0.2) is 13.7 Å². The average Bonchev–Trinajstić information content (AvgIpc) is 2.88. The van der Waals surface area contributed by atoms with Gasteiger partial charge in [0.1, 0.15) is 5.75 Å². The van der Waals surface area contributed by atoms with E-state index >= 15 is 0 Å². The molecule has 2 rings (SSSR count). The fourth-order valence-electron chi connectivity index (χ4n) is 1.83. The maximum absolute atomic E-state index is 6.04. The number of rotatable bonds is 6. The van der Waals surface area contributed by atoms with E-state index in [0.717, 1.165) is 30.8 Å². The maximum atomic E-state index is 6.04. The van der Waals surface area contributed by atoms with Crippen molar-refractivity contribution >= 4 is 22.9 Å². The quantitative estimate of drug-likeness (QED) is 0.788. The second-order valence-electron chi connectivity index (χ2n) is 4.29. The molecule has 0 saturated heterocycles. The molecular formula is C15H18ClNOS. The molecule has 0 radical (unpaired) electrons. The van der Waals surface area contributed by atoms with Crippen molar-refractivity contribution in [3.63, 3.8) is 0 Å². The average molecular weight is 296 g/mol. The monoisotopic (exact) mass is 295 g/mol. The molecule has 0 atom stereocenters. The first-order valence-corrected chi connectivity index (χ1v) is 7.57. The van der Waals surface area contributed by atoms with Crippen molar-refractivity contribution in [1.29, 1.82) is 0 Å². The van der Waals surface area contributed by atoms with Crippen molar-refractivity contribution < 1.29 is 4.74 Å². The standard InChI is InChI=1S/C15H18ClNOS/c1-3-8-17-10-12-5-7-15(19-12)11-4-6-13(16)14(9-11)18-2/h4-7,9,17H,3,8,10H2,1-2H3. The van der Waals surface area contributed by atoms with Gasteiger partial charge in [-0.1, -0.05) is 24.6 Å². The highest BCUT2D eigenvalue weighted by Gasteiger charge is 2.06. The molecule has 1 aromatic heterocycles. The first kappa shape index (κ1) is 14.4. The highest BCUT2D eigenvalue weighted by Crippen LogP contribution is 2.33. The number of halogens is 1. The smallest absolute Gasteiger partial charge is 0.138 e. The Balaban J connectivity index is 2.13. The Morgan fingerprint density at radius 3 is 2.84 bits per heavy atom. The number of methoxy groups -OCH3 is 1. The molecule has 2 nitrogen and oxygen atoms in total. The third-order valence-electron chi connectivity index (χ3n) is 2.82. The first-order chi connectivity index (χ1) is 9.24. The van der Waals surface area contributed by atoms with Gasteiger partial charge in [0.15, 0.2) is 0 Å². The SMILES string of the molecule is CCCNCc1ccc(-c2ccc(Cl)c(OC)c2)s1. The number of benzene rings is 1. The molecule has 0 amide bonds. The molecule has 2 aromatic rings. The molecule has 0 spiro atoms. The lowest BCUT2D eigenvalue weighted by Crippen LogP contribution is -2.12. The first-order valence-electron chi connectivity index (χ1n) is 6.38. The van der Waals surface area contributed by atoms with Crippen molar-refractivity contribution in [2.75, 3.05) is 13.7 Å². The Bertz CT molecular complexity index is 539. The summed E-state index contributed by atoms with van der Waals surface area (Å²) in [7, 11) is 1.64. The lowest BCUT2D eigenvalue weighted by atomic mass is 10.2. The Kier molecular flexibility index (Phi) is 5.25. The minimum Gasteiger partial charge on any atom is -0.495 e. The Labute approximate surface area is 123 Å². The van der Waals surface area contributed by atoms with Gasteiger partial charge in [-0.2, -0.15) is 0 Å². The van der Waals surface area contributed by atoms with E-state index in [4.69, 9.17) is 16.3 Å². The molecule has 0 saturated carbocycles. The van der Waals surface area contributed by atoms with Gasteiger partial charge in [0.25, 0.3) is 0 Å². The Hall–Kier alpha value is -1.03. The molecule has 1 heterocycles. The van der Waals surface area contributed by atoms with Gasteiger partial charge in [-0.3, -0.25) is 0 Å². The molecule has 0 bridgehead atoms. The zero-order valence-corrected chi connectivity index (χ0v) is 12.8.